The highest BCUT2D eigenvalue weighted by molar-refractivity contribution is 9.10. The summed E-state index contributed by atoms with van der Waals surface area (Å²) in [6, 6.07) is 14.2. The number of hydrogen-bond donors (Lipinski definition) is 1. The van der Waals surface area contributed by atoms with Crippen LogP contribution >= 0.6 is 15.9 Å². The first-order chi connectivity index (χ1) is 16.6. The molecule has 2 rings (SSSR count). The van der Waals surface area contributed by atoms with Gasteiger partial charge in [-0.2, -0.15) is 0 Å². The highest BCUT2D eigenvalue weighted by atomic mass is 79.9. The Balaban J connectivity index is 2.34. The molecule has 1 atom stereocenters. The van der Waals surface area contributed by atoms with Crippen LogP contribution in [-0.4, -0.2) is 57.1 Å². The summed E-state index contributed by atoms with van der Waals surface area (Å²) in [5, 5.41) is 2.93. The SMILES string of the molecule is CCCCNC(=O)C(CC)N(CCc1ccccc1)C(=O)CN(c1ccc(Br)c(C)c1)S(C)(=O)=O. The molecule has 2 amide bonds. The van der Waals surface area contributed by atoms with Gasteiger partial charge in [0.15, 0.2) is 0 Å². The zero-order valence-electron chi connectivity index (χ0n) is 21.0. The predicted molar refractivity (Wildman–Crippen MR) is 145 cm³/mol. The van der Waals surface area contributed by atoms with Crippen LogP contribution in [0.1, 0.15) is 44.2 Å². The van der Waals surface area contributed by atoms with E-state index >= 15 is 0 Å². The fourth-order valence-corrected chi connectivity index (χ4v) is 4.89. The number of nitrogens with zero attached hydrogens (tertiary/aromatic N) is 2. The Labute approximate surface area is 218 Å². The van der Waals surface area contributed by atoms with Crippen molar-refractivity contribution in [2.45, 2.75) is 52.5 Å². The van der Waals surface area contributed by atoms with Crippen molar-refractivity contribution in [3.05, 3.63) is 64.1 Å². The predicted octanol–water partition coefficient (Wildman–Crippen LogP) is 4.29. The van der Waals surface area contributed by atoms with Gasteiger partial charge in [-0.15, -0.1) is 0 Å². The molecule has 0 aliphatic rings. The van der Waals surface area contributed by atoms with Gasteiger partial charge in [0.1, 0.15) is 12.6 Å². The Morgan fingerprint density at radius 1 is 1.09 bits per heavy atom. The first kappa shape index (κ1) is 28.8. The summed E-state index contributed by atoms with van der Waals surface area (Å²) in [5.74, 6) is -0.628. The number of hydrogen-bond acceptors (Lipinski definition) is 4. The first-order valence-corrected chi connectivity index (χ1v) is 14.6. The summed E-state index contributed by atoms with van der Waals surface area (Å²) in [6.07, 6.45) is 3.87. The van der Waals surface area contributed by atoms with E-state index in [2.05, 4.69) is 21.2 Å². The summed E-state index contributed by atoms with van der Waals surface area (Å²) in [4.78, 5) is 28.1. The molecule has 192 valence electrons. The lowest BCUT2D eigenvalue weighted by atomic mass is 10.1. The van der Waals surface area contributed by atoms with E-state index in [1.54, 1.807) is 18.2 Å². The van der Waals surface area contributed by atoms with Gasteiger partial charge in [0.25, 0.3) is 0 Å². The summed E-state index contributed by atoms with van der Waals surface area (Å²) >= 11 is 3.43. The average Bonchev–Trinajstić information content (AvgIpc) is 2.82. The van der Waals surface area contributed by atoms with E-state index in [1.807, 2.05) is 51.1 Å². The molecule has 0 aliphatic heterocycles. The second-order valence-corrected chi connectivity index (χ2v) is 11.4. The zero-order valence-corrected chi connectivity index (χ0v) is 23.4. The Morgan fingerprint density at radius 3 is 2.34 bits per heavy atom. The Morgan fingerprint density at radius 2 is 1.77 bits per heavy atom. The molecule has 0 aliphatic carbocycles. The van der Waals surface area contributed by atoms with Gasteiger partial charge in [-0.25, -0.2) is 8.42 Å². The van der Waals surface area contributed by atoms with Crippen LogP contribution in [-0.2, 0) is 26.0 Å². The lowest BCUT2D eigenvalue weighted by molar-refractivity contribution is -0.139. The van der Waals surface area contributed by atoms with Crippen LogP contribution in [0.3, 0.4) is 0 Å². The molecule has 2 aromatic carbocycles. The van der Waals surface area contributed by atoms with Gasteiger partial charge in [-0.1, -0.05) is 66.5 Å². The maximum absolute atomic E-state index is 13.6. The third kappa shape index (κ3) is 8.65. The average molecular weight is 567 g/mol. The molecule has 0 aromatic heterocycles. The second kappa shape index (κ2) is 13.6. The number of aryl methyl sites for hydroxylation is 1. The molecular formula is C26H36BrN3O4S. The molecule has 0 bridgehead atoms. The van der Waals surface area contributed by atoms with Gasteiger partial charge in [-0.3, -0.25) is 13.9 Å². The van der Waals surface area contributed by atoms with E-state index in [0.717, 1.165) is 39.0 Å². The van der Waals surface area contributed by atoms with Gasteiger partial charge < -0.3 is 10.2 Å². The summed E-state index contributed by atoms with van der Waals surface area (Å²) in [5.41, 5.74) is 2.30. The van der Waals surface area contributed by atoms with E-state index in [1.165, 1.54) is 4.90 Å². The van der Waals surface area contributed by atoms with Crippen LogP contribution < -0.4 is 9.62 Å². The smallest absolute Gasteiger partial charge is 0.244 e. The molecule has 0 fully saturated rings. The molecule has 7 nitrogen and oxygen atoms in total. The third-order valence-electron chi connectivity index (χ3n) is 5.81. The van der Waals surface area contributed by atoms with Crippen LogP contribution in [0.5, 0.6) is 0 Å². The number of amides is 2. The molecule has 0 saturated heterocycles. The van der Waals surface area contributed by atoms with Crippen LogP contribution in [0.25, 0.3) is 0 Å². The molecular weight excluding hydrogens is 530 g/mol. The third-order valence-corrected chi connectivity index (χ3v) is 7.84. The van der Waals surface area contributed by atoms with Crippen molar-refractivity contribution in [3.63, 3.8) is 0 Å². The number of benzene rings is 2. The number of nitrogens with one attached hydrogen (secondary N) is 1. The van der Waals surface area contributed by atoms with Crippen LogP contribution in [0.2, 0.25) is 0 Å². The maximum Gasteiger partial charge on any atom is 0.244 e. The molecule has 0 radical (unpaired) electrons. The van der Waals surface area contributed by atoms with E-state index in [9.17, 15) is 18.0 Å². The van der Waals surface area contributed by atoms with Crippen molar-refractivity contribution in [1.82, 2.24) is 10.2 Å². The highest BCUT2D eigenvalue weighted by Crippen LogP contribution is 2.25. The Kier molecular flexibility index (Phi) is 11.2. The molecule has 1 unspecified atom stereocenters. The fourth-order valence-electron chi connectivity index (χ4n) is 3.80. The molecule has 0 spiro atoms. The summed E-state index contributed by atoms with van der Waals surface area (Å²) in [6.45, 7) is 6.23. The quantitative estimate of drug-likeness (QED) is 0.367. The molecule has 1 N–H and O–H groups in total. The van der Waals surface area contributed by atoms with Crippen molar-refractivity contribution in [1.29, 1.82) is 0 Å². The van der Waals surface area contributed by atoms with Crippen molar-refractivity contribution in [3.8, 4) is 0 Å². The minimum absolute atomic E-state index is 0.215. The second-order valence-electron chi connectivity index (χ2n) is 8.59. The van der Waals surface area contributed by atoms with Crippen molar-refractivity contribution in [2.75, 3.05) is 30.2 Å². The number of carbonyl (C=O) groups is 2. The molecule has 9 heteroatoms. The molecule has 2 aromatic rings. The summed E-state index contributed by atoms with van der Waals surface area (Å²) < 4.78 is 27.3. The van der Waals surface area contributed by atoms with E-state index in [-0.39, 0.29) is 12.5 Å². The Bertz CT molecular complexity index is 1090. The summed E-state index contributed by atoms with van der Waals surface area (Å²) in [7, 11) is -3.74. The number of halogens is 1. The van der Waals surface area contributed by atoms with E-state index in [0.29, 0.717) is 31.6 Å². The normalized spacial score (nSPS) is 12.1. The van der Waals surface area contributed by atoms with Crippen LogP contribution in [0.4, 0.5) is 5.69 Å². The lowest BCUT2D eigenvalue weighted by Gasteiger charge is -2.33. The maximum atomic E-state index is 13.6. The van der Waals surface area contributed by atoms with Crippen molar-refractivity contribution < 1.29 is 18.0 Å². The monoisotopic (exact) mass is 565 g/mol. The van der Waals surface area contributed by atoms with Gasteiger partial charge in [0.2, 0.25) is 21.8 Å². The Hall–Kier alpha value is -2.39. The number of anilines is 1. The zero-order chi connectivity index (χ0) is 26.0. The van der Waals surface area contributed by atoms with Crippen molar-refractivity contribution in [2.24, 2.45) is 0 Å². The highest BCUT2D eigenvalue weighted by Gasteiger charge is 2.31. The topological polar surface area (TPSA) is 86.8 Å². The first-order valence-electron chi connectivity index (χ1n) is 11.9. The number of unbranched alkanes of at least 4 members (excludes halogenated alkanes) is 1. The minimum atomic E-state index is -3.74. The van der Waals surface area contributed by atoms with Gasteiger partial charge in [-0.05, 0) is 55.5 Å². The number of carbonyl (C=O) groups excluding carboxylic acids is 2. The lowest BCUT2D eigenvalue weighted by Crippen LogP contribution is -2.53. The van der Waals surface area contributed by atoms with Gasteiger partial charge >= 0.3 is 0 Å². The van der Waals surface area contributed by atoms with E-state index < -0.39 is 22.0 Å². The van der Waals surface area contributed by atoms with Crippen molar-refractivity contribution >= 4 is 43.5 Å². The number of sulfonamides is 1. The van der Waals surface area contributed by atoms with Gasteiger partial charge in [0.05, 0.1) is 11.9 Å². The van der Waals surface area contributed by atoms with Crippen LogP contribution in [0.15, 0.2) is 53.0 Å². The van der Waals surface area contributed by atoms with Gasteiger partial charge in [0, 0.05) is 17.6 Å². The standard InChI is InChI=1S/C26H36BrN3O4S/c1-5-7-16-28-26(32)24(6-2)29(17-15-21-11-9-8-10-12-21)25(31)19-30(35(4,33)34)22-13-14-23(27)20(3)18-22/h8-14,18,24H,5-7,15-17,19H2,1-4H3,(H,28,32). The van der Waals surface area contributed by atoms with E-state index in [4.69, 9.17) is 0 Å². The largest absolute Gasteiger partial charge is 0.354 e. The molecule has 35 heavy (non-hydrogen) atoms. The van der Waals surface area contributed by atoms with Crippen LogP contribution in [0, 0.1) is 6.92 Å². The minimum Gasteiger partial charge on any atom is -0.354 e. The number of rotatable bonds is 13. The fraction of sp³-hybridized carbons (Fsp3) is 0.462. The molecule has 0 heterocycles. The molecule has 0 saturated carbocycles.